The summed E-state index contributed by atoms with van der Waals surface area (Å²) in [6, 6.07) is 8.25. The van der Waals surface area contributed by atoms with Gasteiger partial charge in [-0.15, -0.1) is 0 Å². The highest BCUT2D eigenvalue weighted by atomic mass is 16.5. The fraction of sp³-hybridized carbons (Fsp3) is 0.625. The molecule has 0 aliphatic carbocycles. The molecule has 0 bridgehead atoms. The van der Waals surface area contributed by atoms with Gasteiger partial charge in [-0.1, -0.05) is 29.8 Å². The van der Waals surface area contributed by atoms with Crippen molar-refractivity contribution < 1.29 is 14.9 Å². The van der Waals surface area contributed by atoms with Crippen molar-refractivity contribution in [3.63, 3.8) is 0 Å². The van der Waals surface area contributed by atoms with E-state index in [4.69, 9.17) is 4.74 Å². The Morgan fingerprint density at radius 3 is 2.35 bits per heavy atom. The Morgan fingerprint density at radius 2 is 1.80 bits per heavy atom. The first-order valence-corrected chi connectivity index (χ1v) is 7.38. The second-order valence-electron chi connectivity index (χ2n) is 6.11. The average Bonchev–Trinajstić information content (AvgIpc) is 2.87. The fourth-order valence-electron chi connectivity index (χ4n) is 3.26. The van der Waals surface area contributed by atoms with Crippen molar-refractivity contribution >= 4 is 0 Å². The summed E-state index contributed by atoms with van der Waals surface area (Å²) in [6.45, 7) is 4.69. The molecule has 4 heteroatoms. The Labute approximate surface area is 120 Å². The third-order valence-corrected chi connectivity index (χ3v) is 4.70. The highest BCUT2D eigenvalue weighted by Crippen LogP contribution is 2.34. The summed E-state index contributed by atoms with van der Waals surface area (Å²) >= 11 is 0. The van der Waals surface area contributed by atoms with Crippen molar-refractivity contribution in [2.24, 2.45) is 0 Å². The van der Waals surface area contributed by atoms with Crippen LogP contribution >= 0.6 is 0 Å². The number of aliphatic hydroxyl groups is 2. The van der Waals surface area contributed by atoms with Gasteiger partial charge in [0.25, 0.3) is 0 Å². The molecule has 0 amide bonds. The van der Waals surface area contributed by atoms with E-state index in [0.29, 0.717) is 26.1 Å². The maximum atomic E-state index is 10.8. The Morgan fingerprint density at radius 1 is 1.15 bits per heavy atom. The van der Waals surface area contributed by atoms with E-state index in [1.807, 2.05) is 24.3 Å². The lowest BCUT2D eigenvalue weighted by Crippen LogP contribution is -2.50. The molecule has 2 saturated heterocycles. The molecule has 2 atom stereocenters. The first-order valence-electron chi connectivity index (χ1n) is 7.38. The van der Waals surface area contributed by atoms with Gasteiger partial charge in [0.15, 0.2) is 0 Å². The third kappa shape index (κ3) is 2.61. The first kappa shape index (κ1) is 14.0. The molecule has 2 unspecified atom stereocenters. The first-order chi connectivity index (χ1) is 9.58. The van der Waals surface area contributed by atoms with Crippen LogP contribution in [0.1, 0.15) is 24.0 Å². The van der Waals surface area contributed by atoms with Crippen molar-refractivity contribution in [3.05, 3.63) is 35.4 Å². The van der Waals surface area contributed by atoms with Crippen LogP contribution in [0.5, 0.6) is 0 Å². The monoisotopic (exact) mass is 277 g/mol. The van der Waals surface area contributed by atoms with Crippen LogP contribution in [0.25, 0.3) is 0 Å². The van der Waals surface area contributed by atoms with Gasteiger partial charge in [-0.3, -0.25) is 4.90 Å². The van der Waals surface area contributed by atoms with E-state index in [0.717, 1.165) is 18.7 Å². The number of aliphatic hydroxyl groups excluding tert-OH is 1. The number of ether oxygens (including phenoxy) is 1. The summed E-state index contributed by atoms with van der Waals surface area (Å²) in [5.41, 5.74) is 1.49. The maximum Gasteiger partial charge on any atom is 0.0950 e. The van der Waals surface area contributed by atoms with Crippen molar-refractivity contribution in [2.75, 3.05) is 26.3 Å². The number of benzene rings is 1. The van der Waals surface area contributed by atoms with Crippen LogP contribution in [0.3, 0.4) is 0 Å². The van der Waals surface area contributed by atoms with Crippen LogP contribution in [0, 0.1) is 6.92 Å². The largest absolute Gasteiger partial charge is 0.389 e. The van der Waals surface area contributed by atoms with Gasteiger partial charge in [0.1, 0.15) is 0 Å². The number of aryl methyl sites for hydroxylation is 1. The lowest BCUT2D eigenvalue weighted by atomic mass is 9.83. The minimum absolute atomic E-state index is 0.0950. The van der Waals surface area contributed by atoms with Crippen LogP contribution in [-0.2, 0) is 10.3 Å². The fourth-order valence-corrected chi connectivity index (χ4v) is 3.26. The van der Waals surface area contributed by atoms with Gasteiger partial charge in [-0.05, 0) is 25.3 Å². The normalized spacial score (nSPS) is 30.6. The zero-order chi connectivity index (χ0) is 14.2. The van der Waals surface area contributed by atoms with Crippen molar-refractivity contribution in [3.8, 4) is 0 Å². The molecule has 20 heavy (non-hydrogen) atoms. The zero-order valence-electron chi connectivity index (χ0n) is 12.0. The predicted molar refractivity (Wildman–Crippen MR) is 76.5 cm³/mol. The van der Waals surface area contributed by atoms with Gasteiger partial charge >= 0.3 is 0 Å². The van der Waals surface area contributed by atoms with E-state index < -0.39 is 5.60 Å². The predicted octanol–water partition coefficient (Wildman–Crippen LogP) is 1.04. The van der Waals surface area contributed by atoms with Crippen molar-refractivity contribution in [2.45, 2.75) is 37.5 Å². The molecule has 4 nitrogen and oxygen atoms in total. The minimum Gasteiger partial charge on any atom is -0.389 e. The number of likely N-dealkylation sites (tertiary alicyclic amines) is 1. The maximum absolute atomic E-state index is 10.8. The highest BCUT2D eigenvalue weighted by Gasteiger charge is 2.39. The van der Waals surface area contributed by atoms with Crippen molar-refractivity contribution in [1.29, 1.82) is 0 Å². The van der Waals surface area contributed by atoms with Crippen LogP contribution in [0.4, 0.5) is 0 Å². The van der Waals surface area contributed by atoms with Gasteiger partial charge in [0, 0.05) is 13.1 Å². The van der Waals surface area contributed by atoms with Gasteiger partial charge in [-0.2, -0.15) is 0 Å². The quantitative estimate of drug-likeness (QED) is 0.848. The van der Waals surface area contributed by atoms with Gasteiger partial charge in [0.2, 0.25) is 0 Å². The Balaban J connectivity index is 1.66. The van der Waals surface area contributed by atoms with Crippen molar-refractivity contribution in [1.82, 2.24) is 4.90 Å². The number of rotatable bonds is 2. The Bertz CT molecular complexity index is 451. The molecule has 2 fully saturated rings. The van der Waals surface area contributed by atoms with E-state index in [-0.39, 0.29) is 12.1 Å². The second kappa shape index (κ2) is 5.45. The molecule has 1 aromatic rings. The summed E-state index contributed by atoms with van der Waals surface area (Å²) in [7, 11) is 0. The van der Waals surface area contributed by atoms with Gasteiger partial charge in [-0.25, -0.2) is 0 Å². The number of nitrogens with zero attached hydrogens (tertiary/aromatic N) is 1. The molecule has 0 saturated carbocycles. The molecule has 0 spiro atoms. The molecular formula is C16H23NO3. The molecule has 1 aromatic carbocycles. The zero-order valence-corrected chi connectivity index (χ0v) is 12.0. The molecule has 2 N–H and O–H groups in total. The summed E-state index contributed by atoms with van der Waals surface area (Å²) in [5.74, 6) is 0. The number of hydrogen-bond donors (Lipinski definition) is 2. The van der Waals surface area contributed by atoms with E-state index in [1.165, 1.54) is 5.56 Å². The van der Waals surface area contributed by atoms with E-state index in [2.05, 4.69) is 11.8 Å². The topological polar surface area (TPSA) is 52.9 Å². The molecule has 3 rings (SSSR count). The average molecular weight is 277 g/mol. The molecule has 2 aliphatic rings. The second-order valence-corrected chi connectivity index (χ2v) is 6.11. The van der Waals surface area contributed by atoms with E-state index >= 15 is 0 Å². The van der Waals surface area contributed by atoms with E-state index in [9.17, 15) is 10.2 Å². The van der Waals surface area contributed by atoms with Crippen LogP contribution in [0.15, 0.2) is 24.3 Å². The molecular weight excluding hydrogens is 254 g/mol. The summed E-state index contributed by atoms with van der Waals surface area (Å²) in [6.07, 6.45) is 1.03. The Hall–Kier alpha value is -0.940. The van der Waals surface area contributed by atoms with Gasteiger partial charge in [0.05, 0.1) is 31.0 Å². The summed E-state index contributed by atoms with van der Waals surface area (Å²) in [5, 5.41) is 20.7. The lowest BCUT2D eigenvalue weighted by Gasteiger charge is -2.41. The lowest BCUT2D eigenvalue weighted by molar-refractivity contribution is -0.0457. The molecule has 0 radical (unpaired) electrons. The smallest absolute Gasteiger partial charge is 0.0950 e. The highest BCUT2D eigenvalue weighted by molar-refractivity contribution is 5.27. The summed E-state index contributed by atoms with van der Waals surface area (Å²) in [4.78, 5) is 2.25. The SMILES string of the molecule is Cc1ccc(C2(O)CCN(C3COCC3O)CC2)cc1. The van der Waals surface area contributed by atoms with Crippen LogP contribution in [0.2, 0.25) is 0 Å². The van der Waals surface area contributed by atoms with E-state index in [1.54, 1.807) is 0 Å². The third-order valence-electron chi connectivity index (χ3n) is 4.70. The molecule has 0 aromatic heterocycles. The molecule has 110 valence electrons. The summed E-state index contributed by atoms with van der Waals surface area (Å²) < 4.78 is 5.32. The van der Waals surface area contributed by atoms with Gasteiger partial charge < -0.3 is 14.9 Å². The van der Waals surface area contributed by atoms with Crippen LogP contribution < -0.4 is 0 Å². The number of piperidine rings is 1. The standard InChI is InChI=1S/C16H23NO3/c1-12-2-4-13(5-3-12)16(19)6-8-17(9-7-16)14-10-20-11-15(14)18/h2-5,14-15,18-19H,6-11H2,1H3. The number of hydrogen-bond acceptors (Lipinski definition) is 4. The van der Waals surface area contributed by atoms with Crippen LogP contribution in [-0.4, -0.2) is 53.6 Å². The molecule has 2 heterocycles. The molecule has 2 aliphatic heterocycles. The minimum atomic E-state index is -0.728. The Kier molecular flexibility index (Phi) is 3.82.